The van der Waals surface area contributed by atoms with Crippen molar-refractivity contribution in [2.45, 2.75) is 51.1 Å². The highest BCUT2D eigenvalue weighted by atomic mass is 16.1. The van der Waals surface area contributed by atoms with Crippen molar-refractivity contribution in [1.29, 1.82) is 5.26 Å². The summed E-state index contributed by atoms with van der Waals surface area (Å²) in [7, 11) is 0. The lowest BCUT2D eigenvalue weighted by Gasteiger charge is -2.33. The van der Waals surface area contributed by atoms with E-state index in [9.17, 15) is 10.1 Å². The van der Waals surface area contributed by atoms with Crippen LogP contribution < -0.4 is 5.73 Å². The minimum Gasteiger partial charge on any atom is -0.364 e. The lowest BCUT2D eigenvalue weighted by molar-refractivity contribution is 0.0987. The van der Waals surface area contributed by atoms with E-state index in [4.69, 9.17) is 5.73 Å². The summed E-state index contributed by atoms with van der Waals surface area (Å²) >= 11 is 0. The largest absolute Gasteiger partial charge is 0.364 e. The summed E-state index contributed by atoms with van der Waals surface area (Å²) in [5.41, 5.74) is 10.9. The van der Waals surface area contributed by atoms with Gasteiger partial charge in [0, 0.05) is 30.0 Å². The van der Waals surface area contributed by atoms with E-state index in [-0.39, 0.29) is 5.91 Å². The van der Waals surface area contributed by atoms with Crippen molar-refractivity contribution in [1.82, 2.24) is 9.47 Å². The fourth-order valence-electron chi connectivity index (χ4n) is 5.69. The first-order chi connectivity index (χ1) is 15.6. The molecule has 1 aliphatic heterocycles. The van der Waals surface area contributed by atoms with Gasteiger partial charge in [-0.1, -0.05) is 24.3 Å². The number of fused-ring (bicyclic) bond motifs is 2. The van der Waals surface area contributed by atoms with Crippen molar-refractivity contribution >= 4 is 16.8 Å². The monoisotopic (exact) mass is 426 g/mol. The van der Waals surface area contributed by atoms with Crippen molar-refractivity contribution in [2.75, 3.05) is 13.1 Å². The maximum Gasteiger partial charge on any atom is 0.265 e. The Hall–Kier alpha value is -3.10. The molecule has 2 aliphatic rings. The number of benzene rings is 2. The standard InChI is InChI=1S/C27H30N4O/c28-17-20-5-8-21-12-14-30(18-23(21)15-20)13-11-19-6-9-24(10-7-19)31-25-4-2-1-3-22(25)16-26(31)27(29)32/h1-5,8,15-16,19,24H,6-7,9-14,18H2,(H2,29,32). The number of rotatable bonds is 5. The third-order valence-electron chi connectivity index (χ3n) is 7.46. The molecule has 5 rings (SSSR count). The maximum atomic E-state index is 12.1. The van der Waals surface area contributed by atoms with Crippen LogP contribution >= 0.6 is 0 Å². The molecular weight excluding hydrogens is 396 g/mol. The van der Waals surface area contributed by atoms with Crippen LogP contribution in [0.5, 0.6) is 0 Å². The van der Waals surface area contributed by atoms with Gasteiger partial charge in [-0.3, -0.25) is 9.69 Å². The number of nitrogens with two attached hydrogens (primary N) is 1. The van der Waals surface area contributed by atoms with Crippen molar-refractivity contribution in [3.8, 4) is 6.07 Å². The zero-order valence-electron chi connectivity index (χ0n) is 18.5. The highest BCUT2D eigenvalue weighted by Crippen LogP contribution is 2.37. The average Bonchev–Trinajstić information content (AvgIpc) is 3.22. The molecule has 0 radical (unpaired) electrons. The van der Waals surface area contributed by atoms with Crippen LogP contribution in [-0.2, 0) is 13.0 Å². The Morgan fingerprint density at radius 3 is 2.66 bits per heavy atom. The van der Waals surface area contributed by atoms with Gasteiger partial charge in [-0.2, -0.15) is 5.26 Å². The SMILES string of the molecule is N#Cc1ccc2c(c1)CN(CCC1CCC(n3c(C(N)=O)cc4ccccc43)CC1)CC2. The lowest BCUT2D eigenvalue weighted by Crippen LogP contribution is -2.33. The predicted octanol–water partition coefficient (Wildman–Crippen LogP) is 4.79. The van der Waals surface area contributed by atoms with Gasteiger partial charge in [-0.05, 0) is 86.4 Å². The van der Waals surface area contributed by atoms with E-state index in [1.807, 2.05) is 24.3 Å². The van der Waals surface area contributed by atoms with Gasteiger partial charge in [0.2, 0.25) is 0 Å². The highest BCUT2D eigenvalue weighted by molar-refractivity contribution is 5.97. The van der Waals surface area contributed by atoms with Crippen molar-refractivity contribution in [3.05, 3.63) is 70.9 Å². The van der Waals surface area contributed by atoms with E-state index in [1.54, 1.807) is 0 Å². The molecule has 2 N–H and O–H groups in total. The topological polar surface area (TPSA) is 75.1 Å². The molecular formula is C27H30N4O. The predicted molar refractivity (Wildman–Crippen MR) is 126 cm³/mol. The van der Waals surface area contributed by atoms with E-state index in [0.717, 1.165) is 61.3 Å². The second-order valence-electron chi connectivity index (χ2n) is 9.41. The molecule has 1 aromatic heterocycles. The highest BCUT2D eigenvalue weighted by Gasteiger charge is 2.27. The fourth-order valence-corrected chi connectivity index (χ4v) is 5.69. The van der Waals surface area contributed by atoms with Crippen LogP contribution in [0.2, 0.25) is 0 Å². The Morgan fingerprint density at radius 2 is 1.88 bits per heavy atom. The smallest absolute Gasteiger partial charge is 0.265 e. The van der Waals surface area contributed by atoms with Crippen LogP contribution in [0.4, 0.5) is 0 Å². The van der Waals surface area contributed by atoms with Gasteiger partial charge in [-0.15, -0.1) is 0 Å². The van der Waals surface area contributed by atoms with Gasteiger partial charge < -0.3 is 10.3 Å². The Morgan fingerprint density at radius 1 is 1.06 bits per heavy atom. The normalized spacial score (nSPS) is 21.2. The number of para-hydroxylation sites is 1. The number of aromatic nitrogens is 1. The fraction of sp³-hybridized carbons (Fsp3) is 0.407. The molecule has 1 saturated carbocycles. The molecule has 0 saturated heterocycles. The Bertz CT molecular complexity index is 1180. The van der Waals surface area contributed by atoms with Gasteiger partial charge in [0.25, 0.3) is 5.91 Å². The van der Waals surface area contributed by atoms with E-state index in [2.05, 4.69) is 39.8 Å². The Balaban J connectivity index is 1.19. The van der Waals surface area contributed by atoms with Gasteiger partial charge in [-0.25, -0.2) is 0 Å². The van der Waals surface area contributed by atoms with E-state index in [1.165, 1.54) is 30.4 Å². The molecule has 0 bridgehead atoms. The third kappa shape index (κ3) is 4.03. The van der Waals surface area contributed by atoms with Crippen LogP contribution in [-0.4, -0.2) is 28.5 Å². The minimum absolute atomic E-state index is 0.340. The van der Waals surface area contributed by atoms with Crippen LogP contribution in [0.1, 0.15) is 65.3 Å². The first-order valence-corrected chi connectivity index (χ1v) is 11.8. The third-order valence-corrected chi connectivity index (χ3v) is 7.46. The summed E-state index contributed by atoms with van der Waals surface area (Å²) in [5.74, 6) is 0.394. The van der Waals surface area contributed by atoms with Gasteiger partial charge in [0.15, 0.2) is 0 Å². The number of amides is 1. The molecule has 1 aliphatic carbocycles. The number of primary amides is 1. The Labute approximate surface area is 189 Å². The summed E-state index contributed by atoms with van der Waals surface area (Å²) in [4.78, 5) is 14.6. The number of hydrogen-bond acceptors (Lipinski definition) is 3. The number of carbonyl (C=O) groups excluding carboxylic acids is 1. The van der Waals surface area contributed by atoms with Crippen LogP contribution in [0.25, 0.3) is 10.9 Å². The average molecular weight is 427 g/mol. The molecule has 0 unspecified atom stereocenters. The maximum absolute atomic E-state index is 12.1. The zero-order valence-corrected chi connectivity index (χ0v) is 18.5. The molecule has 0 spiro atoms. The molecule has 1 amide bonds. The molecule has 5 heteroatoms. The molecule has 2 heterocycles. The first kappa shape index (κ1) is 20.8. The summed E-state index contributed by atoms with van der Waals surface area (Å²) in [6.45, 7) is 3.17. The number of nitriles is 1. The summed E-state index contributed by atoms with van der Waals surface area (Å²) in [5, 5.41) is 10.3. The summed E-state index contributed by atoms with van der Waals surface area (Å²) in [6.07, 6.45) is 6.87. The van der Waals surface area contributed by atoms with Gasteiger partial charge in [0.05, 0.1) is 11.6 Å². The van der Waals surface area contributed by atoms with Crippen molar-refractivity contribution in [2.24, 2.45) is 11.7 Å². The second kappa shape index (κ2) is 8.80. The molecule has 2 aromatic carbocycles. The summed E-state index contributed by atoms with van der Waals surface area (Å²) in [6, 6.07) is 18.9. The second-order valence-corrected chi connectivity index (χ2v) is 9.41. The molecule has 0 atom stereocenters. The van der Waals surface area contributed by atoms with Gasteiger partial charge >= 0.3 is 0 Å². The number of hydrogen-bond donors (Lipinski definition) is 1. The molecule has 164 valence electrons. The van der Waals surface area contributed by atoms with E-state index in [0.29, 0.717) is 11.7 Å². The first-order valence-electron chi connectivity index (χ1n) is 11.8. The van der Waals surface area contributed by atoms with Gasteiger partial charge in [0.1, 0.15) is 5.69 Å². The molecule has 32 heavy (non-hydrogen) atoms. The van der Waals surface area contributed by atoms with Crippen molar-refractivity contribution < 1.29 is 4.79 Å². The quantitative estimate of drug-likeness (QED) is 0.637. The lowest BCUT2D eigenvalue weighted by atomic mass is 9.83. The number of carbonyl (C=O) groups is 1. The summed E-state index contributed by atoms with van der Waals surface area (Å²) < 4.78 is 2.20. The number of nitrogens with zero attached hydrogens (tertiary/aromatic N) is 3. The van der Waals surface area contributed by atoms with E-state index < -0.39 is 0 Å². The van der Waals surface area contributed by atoms with Crippen LogP contribution in [0.15, 0.2) is 48.5 Å². The zero-order chi connectivity index (χ0) is 22.1. The molecule has 3 aromatic rings. The molecule has 1 fully saturated rings. The Kier molecular flexibility index (Phi) is 5.71. The van der Waals surface area contributed by atoms with Crippen LogP contribution in [0, 0.1) is 17.2 Å². The van der Waals surface area contributed by atoms with E-state index >= 15 is 0 Å². The minimum atomic E-state index is -0.340. The molecule has 5 nitrogen and oxygen atoms in total. The van der Waals surface area contributed by atoms with Crippen LogP contribution in [0.3, 0.4) is 0 Å². The van der Waals surface area contributed by atoms with Crippen molar-refractivity contribution in [3.63, 3.8) is 0 Å².